The first-order valence-corrected chi connectivity index (χ1v) is 18.5. The lowest BCUT2D eigenvalue weighted by Gasteiger charge is -2.36. The van der Waals surface area contributed by atoms with Gasteiger partial charge in [-0.1, -0.05) is 6.07 Å². The minimum absolute atomic E-state index is 0.0521. The number of carbonyl (C=O) groups is 4. The van der Waals surface area contributed by atoms with Crippen molar-refractivity contribution in [1.82, 2.24) is 19.8 Å². The Morgan fingerprint density at radius 1 is 0.786 bits per heavy atom. The maximum absolute atomic E-state index is 13.8. The van der Waals surface area contributed by atoms with Crippen LogP contribution in [-0.4, -0.2) is 124 Å². The standard InChI is InChI=1S/C41H44N4O11/c46-17-10-34-30(6-2-13-42-34)41(52)45-16-20-53-25-28(45)11-18-55-39-22-29(21-37(50)33(39)24-48)54-19-12-35-31(7-3-14-43-35)40(51)44-15-4-5-27(44)26-56-38-9-1-8-36(49)32(38)23-47/h1-3,6-9,13-14,21-24,27-28,46,49-50H,4-5,10-12,15-20,25-26H2/t27-,28+/m0/s1. The van der Waals surface area contributed by atoms with E-state index in [-0.39, 0.29) is 110 Å². The molecule has 15 heteroatoms. The predicted molar refractivity (Wildman–Crippen MR) is 201 cm³/mol. The maximum Gasteiger partial charge on any atom is 0.256 e. The molecule has 2 atom stereocenters. The first-order valence-electron chi connectivity index (χ1n) is 18.5. The molecule has 0 bridgehead atoms. The summed E-state index contributed by atoms with van der Waals surface area (Å²) in [5, 5.41) is 30.1. The lowest BCUT2D eigenvalue weighted by molar-refractivity contribution is -0.00752. The van der Waals surface area contributed by atoms with Crippen LogP contribution < -0.4 is 14.2 Å². The van der Waals surface area contributed by atoms with Crippen molar-refractivity contribution >= 4 is 24.4 Å². The van der Waals surface area contributed by atoms with E-state index >= 15 is 0 Å². The van der Waals surface area contributed by atoms with Crippen LogP contribution in [-0.2, 0) is 17.6 Å². The van der Waals surface area contributed by atoms with Gasteiger partial charge in [-0.15, -0.1) is 0 Å². The molecule has 0 spiro atoms. The van der Waals surface area contributed by atoms with Gasteiger partial charge in [-0.05, 0) is 49.2 Å². The van der Waals surface area contributed by atoms with Crippen LogP contribution in [0.5, 0.6) is 28.7 Å². The molecule has 0 saturated carbocycles. The number of benzene rings is 2. The largest absolute Gasteiger partial charge is 0.507 e. The molecular formula is C41H44N4O11. The number of hydrogen-bond acceptors (Lipinski definition) is 13. The smallest absolute Gasteiger partial charge is 0.256 e. The zero-order chi connectivity index (χ0) is 39.4. The monoisotopic (exact) mass is 768 g/mol. The minimum atomic E-state index is -0.335. The summed E-state index contributed by atoms with van der Waals surface area (Å²) in [5.74, 6) is -0.375. The zero-order valence-electron chi connectivity index (χ0n) is 30.7. The van der Waals surface area contributed by atoms with E-state index in [0.717, 1.165) is 6.42 Å². The van der Waals surface area contributed by atoms with Crippen LogP contribution in [0.3, 0.4) is 0 Å². The van der Waals surface area contributed by atoms with Crippen LogP contribution >= 0.6 is 0 Å². The fraction of sp³-hybridized carbons (Fsp3) is 0.366. The molecule has 2 amide bonds. The Bertz CT molecular complexity index is 2030. The molecule has 0 radical (unpaired) electrons. The number of aldehydes is 2. The van der Waals surface area contributed by atoms with Crippen LogP contribution in [0.1, 0.15) is 72.1 Å². The molecule has 2 aromatic heterocycles. The highest BCUT2D eigenvalue weighted by Gasteiger charge is 2.32. The third kappa shape index (κ3) is 9.24. The van der Waals surface area contributed by atoms with E-state index in [0.29, 0.717) is 67.6 Å². The van der Waals surface area contributed by atoms with Gasteiger partial charge in [0.05, 0.1) is 72.2 Å². The Kier molecular flexibility index (Phi) is 13.4. The van der Waals surface area contributed by atoms with E-state index in [1.165, 1.54) is 18.2 Å². The second-order valence-corrected chi connectivity index (χ2v) is 13.3. The van der Waals surface area contributed by atoms with Crippen LogP contribution in [0.2, 0.25) is 0 Å². The van der Waals surface area contributed by atoms with Crippen molar-refractivity contribution in [3.8, 4) is 28.7 Å². The Labute approximate surface area is 323 Å². The summed E-state index contributed by atoms with van der Waals surface area (Å²) in [7, 11) is 0. The number of likely N-dealkylation sites (tertiary alicyclic amines) is 1. The van der Waals surface area contributed by atoms with Crippen molar-refractivity contribution in [2.24, 2.45) is 0 Å². The molecule has 56 heavy (non-hydrogen) atoms. The lowest BCUT2D eigenvalue weighted by atomic mass is 10.1. The number of amides is 2. The number of aliphatic hydroxyl groups is 1. The summed E-state index contributed by atoms with van der Waals surface area (Å²) in [4.78, 5) is 62.9. The van der Waals surface area contributed by atoms with Crippen LogP contribution in [0.4, 0.5) is 0 Å². The number of aromatic hydroxyl groups is 2. The number of morpholine rings is 1. The van der Waals surface area contributed by atoms with Crippen molar-refractivity contribution in [2.45, 2.75) is 44.2 Å². The van der Waals surface area contributed by atoms with Gasteiger partial charge >= 0.3 is 0 Å². The first kappa shape index (κ1) is 39.6. The average molecular weight is 769 g/mol. The van der Waals surface area contributed by atoms with E-state index in [9.17, 15) is 34.5 Å². The van der Waals surface area contributed by atoms with Gasteiger partial charge in [0.1, 0.15) is 35.4 Å². The van der Waals surface area contributed by atoms with E-state index in [1.807, 2.05) is 0 Å². The Hall–Kier alpha value is -6.06. The van der Waals surface area contributed by atoms with Gasteiger partial charge in [0.2, 0.25) is 0 Å². The molecule has 2 fully saturated rings. The van der Waals surface area contributed by atoms with Crippen LogP contribution in [0.15, 0.2) is 67.0 Å². The molecule has 2 aromatic carbocycles. The molecule has 2 aliphatic heterocycles. The van der Waals surface area contributed by atoms with E-state index in [4.69, 9.17) is 18.9 Å². The van der Waals surface area contributed by atoms with E-state index in [1.54, 1.807) is 58.6 Å². The number of phenols is 2. The molecule has 2 aliphatic rings. The third-order valence-corrected chi connectivity index (χ3v) is 9.84. The number of phenolic OH excluding ortho intramolecular Hbond substituents is 2. The van der Waals surface area contributed by atoms with Gasteiger partial charge in [-0.2, -0.15) is 0 Å². The summed E-state index contributed by atoms with van der Waals surface area (Å²) >= 11 is 0. The average Bonchev–Trinajstić information content (AvgIpc) is 3.69. The van der Waals surface area contributed by atoms with Crippen molar-refractivity contribution < 1.29 is 53.4 Å². The van der Waals surface area contributed by atoms with Gasteiger partial charge in [0.25, 0.3) is 11.8 Å². The number of rotatable bonds is 17. The fourth-order valence-corrected chi connectivity index (χ4v) is 6.96. The maximum atomic E-state index is 13.8. The molecular weight excluding hydrogens is 724 g/mol. The minimum Gasteiger partial charge on any atom is -0.507 e. The second kappa shape index (κ2) is 19.0. The number of ether oxygens (including phenoxy) is 4. The lowest BCUT2D eigenvalue weighted by Crippen LogP contribution is -2.49. The summed E-state index contributed by atoms with van der Waals surface area (Å²) in [6.45, 7) is 1.70. The summed E-state index contributed by atoms with van der Waals surface area (Å²) < 4.78 is 23.5. The van der Waals surface area contributed by atoms with Crippen molar-refractivity contribution in [1.29, 1.82) is 0 Å². The number of carbonyl (C=O) groups excluding carboxylic acids is 4. The van der Waals surface area contributed by atoms with Gasteiger partial charge < -0.3 is 44.1 Å². The van der Waals surface area contributed by atoms with E-state index in [2.05, 4.69) is 9.97 Å². The van der Waals surface area contributed by atoms with Crippen molar-refractivity contribution in [2.75, 3.05) is 52.7 Å². The normalized spacial score (nSPS) is 16.7. The second-order valence-electron chi connectivity index (χ2n) is 13.3. The number of aromatic nitrogens is 2. The topological polar surface area (TPSA) is 198 Å². The Morgan fingerprint density at radius 2 is 1.48 bits per heavy atom. The summed E-state index contributed by atoms with van der Waals surface area (Å²) in [6.07, 6.45) is 6.53. The van der Waals surface area contributed by atoms with Crippen molar-refractivity contribution in [3.05, 3.63) is 101 Å². The Balaban J connectivity index is 1.07. The van der Waals surface area contributed by atoms with E-state index < -0.39 is 0 Å². The fourth-order valence-electron chi connectivity index (χ4n) is 6.96. The molecule has 4 heterocycles. The van der Waals surface area contributed by atoms with Crippen LogP contribution in [0, 0.1) is 0 Å². The first-order chi connectivity index (χ1) is 27.3. The highest BCUT2D eigenvalue weighted by molar-refractivity contribution is 5.96. The van der Waals surface area contributed by atoms with Crippen molar-refractivity contribution in [3.63, 3.8) is 0 Å². The third-order valence-electron chi connectivity index (χ3n) is 9.84. The zero-order valence-corrected chi connectivity index (χ0v) is 30.7. The number of aliphatic hydroxyl groups excluding tert-OH is 1. The Morgan fingerprint density at radius 3 is 2.20 bits per heavy atom. The van der Waals surface area contributed by atoms with Gasteiger partial charge in [0.15, 0.2) is 12.6 Å². The van der Waals surface area contributed by atoms with Gasteiger partial charge in [0, 0.05) is 63.5 Å². The number of pyridine rings is 2. The number of nitrogens with zero attached hydrogens (tertiary/aromatic N) is 4. The molecule has 15 nitrogen and oxygen atoms in total. The highest BCUT2D eigenvalue weighted by Crippen LogP contribution is 2.33. The highest BCUT2D eigenvalue weighted by atomic mass is 16.5. The number of hydrogen-bond donors (Lipinski definition) is 3. The van der Waals surface area contributed by atoms with Gasteiger partial charge in [-0.25, -0.2) is 0 Å². The molecule has 0 aliphatic carbocycles. The molecule has 0 unspecified atom stereocenters. The summed E-state index contributed by atoms with van der Waals surface area (Å²) in [6, 6.07) is 13.6. The molecule has 294 valence electrons. The predicted octanol–water partition coefficient (Wildman–Crippen LogP) is 3.66. The van der Waals surface area contributed by atoms with Gasteiger partial charge in [-0.3, -0.25) is 29.1 Å². The molecule has 4 aromatic rings. The SMILES string of the molecule is O=Cc1c(O)cc(OCCc2ncccc2C(=O)N2CCC[C@H]2COc2cccc(O)c2C=O)cc1OCC[C@@H]1COCCN1C(=O)c1cccnc1CCO. The van der Waals surface area contributed by atoms with Crippen LogP contribution in [0.25, 0.3) is 0 Å². The summed E-state index contributed by atoms with van der Waals surface area (Å²) in [5.41, 5.74) is 1.84. The molecule has 2 saturated heterocycles. The molecule has 3 N–H and O–H groups in total. The quantitative estimate of drug-likeness (QED) is 0.132. The molecule has 6 rings (SSSR count).